The highest BCUT2D eigenvalue weighted by Crippen LogP contribution is 2.53. The van der Waals surface area contributed by atoms with Gasteiger partial charge in [0.1, 0.15) is 22.8 Å². The lowest BCUT2D eigenvalue weighted by atomic mass is 9.57. The van der Waals surface area contributed by atoms with Gasteiger partial charge in [-0.15, -0.1) is 0 Å². The summed E-state index contributed by atoms with van der Waals surface area (Å²) in [5, 5.41) is 45.5. The van der Waals surface area contributed by atoms with Crippen molar-refractivity contribution in [1.82, 2.24) is 9.80 Å². The fourth-order valence-corrected chi connectivity index (χ4v) is 7.95. The van der Waals surface area contributed by atoms with Gasteiger partial charge in [0, 0.05) is 23.1 Å². The summed E-state index contributed by atoms with van der Waals surface area (Å²) in [7, 11) is 3.14. The highest BCUT2D eigenvalue weighted by molar-refractivity contribution is 6.32. The van der Waals surface area contributed by atoms with Crippen LogP contribution in [0.15, 0.2) is 23.0 Å². The van der Waals surface area contributed by atoms with Gasteiger partial charge in [-0.1, -0.05) is 32.4 Å². The van der Waals surface area contributed by atoms with Gasteiger partial charge in [-0.05, 0) is 87.3 Å². The van der Waals surface area contributed by atoms with Crippen molar-refractivity contribution in [2.75, 3.05) is 27.2 Å². The van der Waals surface area contributed by atoms with Crippen LogP contribution >= 0.6 is 11.6 Å². The molecule has 1 aromatic carbocycles. The number of rotatable bonds is 4. The molecule has 6 N–H and O–H groups in total. The van der Waals surface area contributed by atoms with Crippen LogP contribution in [0.2, 0.25) is 5.02 Å². The van der Waals surface area contributed by atoms with E-state index in [1.165, 1.54) is 11.0 Å². The number of piperidine rings is 1. The summed E-state index contributed by atoms with van der Waals surface area (Å²) in [5.41, 5.74) is 3.13. The van der Waals surface area contributed by atoms with Crippen LogP contribution < -0.4 is 5.73 Å². The first-order chi connectivity index (χ1) is 19.5. The van der Waals surface area contributed by atoms with E-state index >= 15 is 0 Å². The van der Waals surface area contributed by atoms with Crippen molar-refractivity contribution in [2.45, 2.75) is 64.6 Å². The number of hydrogen-bond acceptors (Lipinski definition) is 9. The van der Waals surface area contributed by atoms with Crippen LogP contribution in [0.25, 0.3) is 5.76 Å². The first-order valence-corrected chi connectivity index (χ1v) is 14.8. The number of hydrogen-bond donors (Lipinski definition) is 5. The van der Waals surface area contributed by atoms with Gasteiger partial charge in [-0.2, -0.15) is 0 Å². The fraction of sp³-hybridized carbons (Fsp3) is 0.581. The zero-order chi connectivity index (χ0) is 31.0. The summed E-state index contributed by atoms with van der Waals surface area (Å²) in [4.78, 5) is 43.1. The molecule has 5 rings (SSSR count). The Labute approximate surface area is 250 Å². The summed E-state index contributed by atoms with van der Waals surface area (Å²) in [6.45, 7) is 9.09. The molecule has 228 valence electrons. The fourth-order valence-electron chi connectivity index (χ4n) is 7.66. The minimum absolute atomic E-state index is 0.00600. The number of phenolic OH excluding ortho intramolecular Hbond substituents is 1. The number of primary amides is 1. The number of nitrogens with two attached hydrogens (primary N) is 1. The average molecular weight is 602 g/mol. The Kier molecular flexibility index (Phi) is 7.53. The lowest BCUT2D eigenvalue weighted by Crippen LogP contribution is -2.65. The number of aliphatic hydroxyl groups is 3. The Morgan fingerprint density at radius 3 is 2.33 bits per heavy atom. The van der Waals surface area contributed by atoms with E-state index in [4.69, 9.17) is 17.3 Å². The summed E-state index contributed by atoms with van der Waals surface area (Å²) in [6, 6.07) is 0.372. The molecule has 1 saturated heterocycles. The van der Waals surface area contributed by atoms with Crippen LogP contribution in [-0.4, -0.2) is 86.5 Å². The van der Waals surface area contributed by atoms with E-state index in [1.54, 1.807) is 14.1 Å². The highest BCUT2D eigenvalue weighted by atomic mass is 35.5. The molecular formula is C31H40ClN3O7. The third kappa shape index (κ3) is 4.54. The molecule has 0 bridgehead atoms. The maximum Gasteiger partial charge on any atom is 0.255 e. The van der Waals surface area contributed by atoms with E-state index in [-0.39, 0.29) is 35.1 Å². The van der Waals surface area contributed by atoms with Crippen LogP contribution in [0.1, 0.15) is 56.7 Å². The molecule has 42 heavy (non-hydrogen) atoms. The number of aliphatic hydroxyl groups excluding tert-OH is 2. The molecule has 10 nitrogen and oxygen atoms in total. The van der Waals surface area contributed by atoms with E-state index in [1.807, 2.05) is 0 Å². The predicted molar refractivity (Wildman–Crippen MR) is 157 cm³/mol. The molecule has 1 aromatic rings. The number of amides is 1. The minimum atomic E-state index is -2.66. The highest BCUT2D eigenvalue weighted by Gasteiger charge is 2.64. The van der Waals surface area contributed by atoms with Crippen molar-refractivity contribution in [2.24, 2.45) is 28.9 Å². The Hall–Kier alpha value is -2.92. The minimum Gasteiger partial charge on any atom is -0.508 e. The lowest BCUT2D eigenvalue weighted by Gasteiger charge is -2.50. The standard InChI is InChI=1S/C31H40ClN3O7/c1-30(2,3)16-6-8-35(9-7-16)13-15-12-19(36)21-17(23(15)32)10-14-11-18-24(34(4)5)26(38)22(29(33)41)28(40)31(18,42)27(39)20(14)25(21)37/h12,14,16,18,24,36-37,40,42H,6-11,13H2,1-5H3,(H2,33,41)/t14-,18-,24-,31-/m0/s1. The van der Waals surface area contributed by atoms with E-state index in [0.717, 1.165) is 25.9 Å². The molecule has 4 aliphatic rings. The van der Waals surface area contributed by atoms with Crippen LogP contribution in [0.4, 0.5) is 0 Å². The van der Waals surface area contributed by atoms with Gasteiger partial charge in [0.15, 0.2) is 11.4 Å². The molecular weight excluding hydrogens is 562 g/mol. The number of nitrogens with zero attached hydrogens (tertiary/aromatic N) is 2. The molecule has 1 heterocycles. The third-order valence-corrected chi connectivity index (χ3v) is 10.4. The molecule has 2 fully saturated rings. The second kappa shape index (κ2) is 10.4. The molecule has 4 atom stereocenters. The number of likely N-dealkylation sites (tertiary alicyclic amines) is 1. The number of benzene rings is 1. The zero-order valence-electron chi connectivity index (χ0n) is 24.7. The van der Waals surface area contributed by atoms with Crippen molar-refractivity contribution in [3.05, 3.63) is 44.7 Å². The number of phenols is 1. The first-order valence-electron chi connectivity index (χ1n) is 14.4. The van der Waals surface area contributed by atoms with Gasteiger partial charge in [0.2, 0.25) is 5.78 Å². The second-order valence-electron chi connectivity index (χ2n) is 13.6. The average Bonchev–Trinajstić information content (AvgIpc) is 2.88. The monoisotopic (exact) mass is 601 g/mol. The SMILES string of the molecule is CN(C)[C@@H]1C(=O)C(C(N)=O)=C(O)[C@@]2(O)C(=O)C3=C(O)c4c(O)cc(CN5CCC(C(C)(C)C)CC5)c(Cl)c4C[C@H]3C[C@@H]12. The van der Waals surface area contributed by atoms with Gasteiger partial charge < -0.3 is 26.2 Å². The first kappa shape index (κ1) is 30.5. The maximum atomic E-state index is 13.9. The molecule has 0 spiro atoms. The molecule has 0 aromatic heterocycles. The maximum absolute atomic E-state index is 13.9. The summed E-state index contributed by atoms with van der Waals surface area (Å²) >= 11 is 6.93. The Bertz CT molecular complexity index is 1430. The van der Waals surface area contributed by atoms with E-state index in [2.05, 4.69) is 25.7 Å². The largest absolute Gasteiger partial charge is 0.508 e. The van der Waals surface area contributed by atoms with Gasteiger partial charge in [0.25, 0.3) is 5.91 Å². The van der Waals surface area contributed by atoms with Crippen LogP contribution in [0.5, 0.6) is 5.75 Å². The number of ketones is 2. The van der Waals surface area contributed by atoms with E-state index in [9.17, 15) is 34.8 Å². The van der Waals surface area contributed by atoms with Crippen LogP contribution in [-0.2, 0) is 27.3 Å². The Morgan fingerprint density at radius 2 is 1.79 bits per heavy atom. The van der Waals surface area contributed by atoms with Gasteiger partial charge in [-0.3, -0.25) is 24.2 Å². The topological polar surface area (TPSA) is 165 Å². The number of fused-ring (bicyclic) bond motifs is 3. The van der Waals surface area contributed by atoms with Crippen molar-refractivity contribution >= 4 is 34.8 Å². The molecule has 3 aliphatic carbocycles. The zero-order valence-corrected chi connectivity index (χ0v) is 25.5. The quantitative estimate of drug-likeness (QED) is 0.326. The van der Waals surface area contributed by atoms with Crippen LogP contribution in [0.3, 0.4) is 0 Å². The van der Waals surface area contributed by atoms with Gasteiger partial charge in [0.05, 0.1) is 11.6 Å². The number of carbonyl (C=O) groups excluding carboxylic acids is 3. The lowest BCUT2D eigenvalue weighted by molar-refractivity contribution is -0.153. The molecule has 1 saturated carbocycles. The Balaban J connectivity index is 1.54. The Morgan fingerprint density at radius 1 is 1.17 bits per heavy atom. The summed E-state index contributed by atoms with van der Waals surface area (Å²) in [6.07, 6.45) is 2.31. The molecule has 1 aliphatic heterocycles. The van der Waals surface area contributed by atoms with Gasteiger partial charge >= 0.3 is 0 Å². The number of halogens is 1. The van der Waals surface area contributed by atoms with Crippen molar-refractivity contribution in [3.63, 3.8) is 0 Å². The molecule has 11 heteroatoms. The van der Waals surface area contributed by atoms with E-state index in [0.29, 0.717) is 28.6 Å². The third-order valence-electron chi connectivity index (χ3n) is 9.94. The van der Waals surface area contributed by atoms with Crippen molar-refractivity contribution < 1.29 is 34.8 Å². The molecule has 0 unspecified atom stereocenters. The van der Waals surface area contributed by atoms with Gasteiger partial charge in [-0.25, -0.2) is 0 Å². The molecule has 0 radical (unpaired) electrons. The normalized spacial score (nSPS) is 29.1. The number of aromatic hydroxyl groups is 1. The number of Topliss-reactive ketones (excluding diaryl/α,β-unsaturated/α-hetero) is 2. The van der Waals surface area contributed by atoms with Crippen molar-refractivity contribution in [1.29, 1.82) is 0 Å². The smallest absolute Gasteiger partial charge is 0.255 e. The summed E-state index contributed by atoms with van der Waals surface area (Å²) < 4.78 is 0. The summed E-state index contributed by atoms with van der Waals surface area (Å²) in [5.74, 6) is -6.15. The van der Waals surface area contributed by atoms with Crippen molar-refractivity contribution in [3.8, 4) is 5.75 Å². The van der Waals surface area contributed by atoms with E-state index < -0.39 is 58.0 Å². The molecule has 1 amide bonds. The second-order valence-corrected chi connectivity index (χ2v) is 14.0. The van der Waals surface area contributed by atoms with Crippen LogP contribution in [0, 0.1) is 23.2 Å². The number of carbonyl (C=O) groups is 3. The predicted octanol–water partition coefficient (Wildman–Crippen LogP) is 2.88. The number of likely N-dealkylation sites (N-methyl/N-ethyl adjacent to an activating group) is 1.